The average molecular weight is 371 g/mol. The Hall–Kier alpha value is -1.71. The molecule has 0 heterocycles. The predicted octanol–water partition coefficient (Wildman–Crippen LogP) is -0.590. The van der Waals surface area contributed by atoms with Crippen LogP contribution in [0.1, 0.15) is 46.5 Å². The summed E-state index contributed by atoms with van der Waals surface area (Å²) in [6.45, 7) is 6.50. The largest absolute Gasteiger partial charge is 0.481 e. The minimum atomic E-state index is -0.919. The van der Waals surface area contributed by atoms with E-state index in [9.17, 15) is 19.5 Å². The molecule has 1 fully saturated rings. The Kier molecular flexibility index (Phi) is 8.97. The molecule has 0 saturated heterocycles. The smallest absolute Gasteiger partial charge is 0.306 e. The lowest BCUT2D eigenvalue weighted by Gasteiger charge is -2.33. The number of hydrogen-bond donors (Lipinski definition) is 5. The standard InChI is InChI=1S/C17H33N5O4/c1-4-6-22(7-5-2)15(24)14(20-10(3)23)12-8-11(16(25)26)9-13(12)21-17(18)19/h11-14,17,21H,4-9,18-19H2,1-3H3,(H,20,23)(H,25,26). The van der Waals surface area contributed by atoms with Gasteiger partial charge < -0.3 is 26.8 Å². The Morgan fingerprint density at radius 3 is 2.15 bits per heavy atom. The summed E-state index contributed by atoms with van der Waals surface area (Å²) in [5.74, 6) is -2.43. The van der Waals surface area contributed by atoms with Crippen molar-refractivity contribution >= 4 is 17.8 Å². The summed E-state index contributed by atoms with van der Waals surface area (Å²) in [6.07, 6.45) is 1.37. The summed E-state index contributed by atoms with van der Waals surface area (Å²) in [5.41, 5.74) is 11.3. The number of nitrogens with two attached hydrogens (primary N) is 2. The monoisotopic (exact) mass is 371 g/mol. The van der Waals surface area contributed by atoms with Gasteiger partial charge in [-0.1, -0.05) is 13.8 Å². The van der Waals surface area contributed by atoms with Crippen LogP contribution in [-0.2, 0) is 14.4 Å². The van der Waals surface area contributed by atoms with E-state index in [4.69, 9.17) is 11.5 Å². The number of aliphatic carboxylic acids is 1. The van der Waals surface area contributed by atoms with Gasteiger partial charge in [0.2, 0.25) is 11.8 Å². The van der Waals surface area contributed by atoms with Crippen LogP contribution in [0.4, 0.5) is 0 Å². The lowest BCUT2D eigenvalue weighted by Crippen LogP contribution is -2.58. The first-order valence-electron chi connectivity index (χ1n) is 9.27. The van der Waals surface area contributed by atoms with Gasteiger partial charge in [0.1, 0.15) is 12.3 Å². The van der Waals surface area contributed by atoms with Gasteiger partial charge in [-0.3, -0.25) is 19.7 Å². The minimum absolute atomic E-state index is 0.183. The summed E-state index contributed by atoms with van der Waals surface area (Å²) in [6, 6.07) is -1.16. The van der Waals surface area contributed by atoms with Gasteiger partial charge in [0.25, 0.3) is 0 Å². The van der Waals surface area contributed by atoms with E-state index in [0.29, 0.717) is 19.5 Å². The van der Waals surface area contributed by atoms with E-state index in [1.54, 1.807) is 4.90 Å². The highest BCUT2D eigenvalue weighted by Gasteiger charge is 2.45. The average Bonchev–Trinajstić information content (AvgIpc) is 2.94. The van der Waals surface area contributed by atoms with E-state index in [2.05, 4.69) is 10.6 Å². The molecule has 4 unspecified atom stereocenters. The third kappa shape index (κ3) is 6.22. The number of carboxylic acid groups (broad SMARTS) is 1. The maximum Gasteiger partial charge on any atom is 0.306 e. The highest BCUT2D eigenvalue weighted by Crippen LogP contribution is 2.34. The van der Waals surface area contributed by atoms with Gasteiger partial charge in [0.05, 0.1) is 5.92 Å². The Morgan fingerprint density at radius 2 is 1.73 bits per heavy atom. The van der Waals surface area contributed by atoms with Crippen LogP contribution in [0.3, 0.4) is 0 Å². The van der Waals surface area contributed by atoms with Crippen LogP contribution in [-0.4, -0.2) is 59.3 Å². The summed E-state index contributed by atoms with van der Waals surface area (Å²) >= 11 is 0. The fourth-order valence-corrected chi connectivity index (χ4v) is 3.72. The number of hydrogen-bond acceptors (Lipinski definition) is 6. The van der Waals surface area contributed by atoms with Gasteiger partial charge in [0.15, 0.2) is 0 Å². The van der Waals surface area contributed by atoms with Gasteiger partial charge in [-0.15, -0.1) is 0 Å². The first-order valence-corrected chi connectivity index (χ1v) is 9.27. The van der Waals surface area contributed by atoms with Crippen molar-refractivity contribution in [1.82, 2.24) is 15.5 Å². The molecular weight excluding hydrogens is 338 g/mol. The van der Waals surface area contributed by atoms with Crippen LogP contribution in [0.25, 0.3) is 0 Å². The Bertz CT molecular complexity index is 494. The number of carbonyl (C=O) groups excluding carboxylic acids is 2. The Labute approximate surface area is 154 Å². The van der Waals surface area contributed by atoms with Crippen molar-refractivity contribution in [2.75, 3.05) is 13.1 Å². The first-order chi connectivity index (χ1) is 12.2. The van der Waals surface area contributed by atoms with Gasteiger partial charge in [-0.25, -0.2) is 0 Å². The van der Waals surface area contributed by atoms with E-state index in [1.807, 2.05) is 13.8 Å². The zero-order valence-electron chi connectivity index (χ0n) is 15.9. The van der Waals surface area contributed by atoms with Crippen LogP contribution in [0.5, 0.6) is 0 Å². The predicted molar refractivity (Wildman–Crippen MR) is 97.7 cm³/mol. The molecule has 0 bridgehead atoms. The zero-order chi connectivity index (χ0) is 19.9. The van der Waals surface area contributed by atoms with Gasteiger partial charge in [-0.05, 0) is 25.7 Å². The van der Waals surface area contributed by atoms with Crippen molar-refractivity contribution in [2.24, 2.45) is 23.3 Å². The molecule has 9 nitrogen and oxygen atoms in total. The molecule has 26 heavy (non-hydrogen) atoms. The van der Waals surface area contributed by atoms with E-state index in [0.717, 1.165) is 12.8 Å². The summed E-state index contributed by atoms with van der Waals surface area (Å²) < 4.78 is 0. The molecule has 7 N–H and O–H groups in total. The molecule has 0 aromatic carbocycles. The van der Waals surface area contributed by atoms with Crippen molar-refractivity contribution in [3.63, 3.8) is 0 Å². The molecule has 1 aliphatic rings. The Balaban J connectivity index is 3.11. The van der Waals surface area contributed by atoms with E-state index in [1.165, 1.54) is 6.92 Å². The second kappa shape index (κ2) is 10.4. The molecule has 1 saturated carbocycles. The molecule has 0 aromatic rings. The maximum absolute atomic E-state index is 13.1. The summed E-state index contributed by atoms with van der Waals surface area (Å²) in [5, 5.41) is 15.1. The second-order valence-electron chi connectivity index (χ2n) is 6.97. The van der Waals surface area contributed by atoms with Crippen LogP contribution in [0.15, 0.2) is 0 Å². The molecule has 1 aliphatic carbocycles. The lowest BCUT2D eigenvalue weighted by molar-refractivity contribution is -0.142. The molecule has 0 aliphatic heterocycles. The van der Waals surface area contributed by atoms with E-state index >= 15 is 0 Å². The van der Waals surface area contributed by atoms with Crippen LogP contribution < -0.4 is 22.1 Å². The highest BCUT2D eigenvalue weighted by molar-refractivity contribution is 5.87. The molecule has 0 radical (unpaired) electrons. The molecule has 0 aromatic heterocycles. The fraction of sp³-hybridized carbons (Fsp3) is 0.824. The number of amides is 2. The highest BCUT2D eigenvalue weighted by atomic mass is 16.4. The van der Waals surface area contributed by atoms with E-state index in [-0.39, 0.29) is 24.3 Å². The number of rotatable bonds is 10. The zero-order valence-corrected chi connectivity index (χ0v) is 15.9. The number of carboxylic acids is 1. The van der Waals surface area contributed by atoms with Gasteiger partial charge >= 0.3 is 5.97 Å². The van der Waals surface area contributed by atoms with Crippen molar-refractivity contribution < 1.29 is 19.5 Å². The van der Waals surface area contributed by atoms with Crippen LogP contribution >= 0.6 is 0 Å². The summed E-state index contributed by atoms with van der Waals surface area (Å²) in [4.78, 5) is 38.0. The second-order valence-corrected chi connectivity index (χ2v) is 6.97. The Morgan fingerprint density at radius 1 is 1.15 bits per heavy atom. The van der Waals surface area contributed by atoms with Crippen molar-refractivity contribution in [3.05, 3.63) is 0 Å². The maximum atomic E-state index is 13.1. The molecule has 150 valence electrons. The molecule has 0 spiro atoms. The molecular formula is C17H33N5O4. The summed E-state index contributed by atoms with van der Waals surface area (Å²) in [7, 11) is 0. The third-order valence-corrected chi connectivity index (χ3v) is 4.72. The van der Waals surface area contributed by atoms with Crippen molar-refractivity contribution in [1.29, 1.82) is 0 Å². The number of nitrogens with one attached hydrogen (secondary N) is 2. The van der Waals surface area contributed by atoms with Gasteiger partial charge in [-0.2, -0.15) is 0 Å². The van der Waals surface area contributed by atoms with Crippen molar-refractivity contribution in [2.45, 2.75) is 64.8 Å². The van der Waals surface area contributed by atoms with Crippen LogP contribution in [0.2, 0.25) is 0 Å². The van der Waals surface area contributed by atoms with E-state index < -0.39 is 30.1 Å². The molecule has 1 rings (SSSR count). The fourth-order valence-electron chi connectivity index (χ4n) is 3.72. The molecule has 9 heteroatoms. The number of nitrogens with zero attached hydrogens (tertiary/aromatic N) is 1. The first kappa shape index (κ1) is 22.3. The third-order valence-electron chi connectivity index (χ3n) is 4.72. The van der Waals surface area contributed by atoms with Crippen LogP contribution in [0, 0.1) is 11.8 Å². The number of carbonyl (C=O) groups is 3. The van der Waals surface area contributed by atoms with Gasteiger partial charge in [0, 0.05) is 32.0 Å². The lowest BCUT2D eigenvalue weighted by atomic mass is 9.92. The molecule has 4 atom stereocenters. The molecule has 2 amide bonds. The normalized spacial score (nSPS) is 23.7. The quantitative estimate of drug-likeness (QED) is 0.322. The minimum Gasteiger partial charge on any atom is -0.481 e. The van der Waals surface area contributed by atoms with Crippen molar-refractivity contribution in [3.8, 4) is 0 Å². The SMILES string of the molecule is CCCN(CCC)C(=O)C(NC(C)=O)C1CC(C(=O)O)CC1NC(N)N. The topological polar surface area (TPSA) is 151 Å².